The van der Waals surface area contributed by atoms with Crippen molar-refractivity contribution in [1.82, 2.24) is 10.2 Å². The molecule has 8 nitrogen and oxygen atoms in total. The highest BCUT2D eigenvalue weighted by atomic mass is 32.2. The predicted molar refractivity (Wildman–Crippen MR) is 141 cm³/mol. The van der Waals surface area contributed by atoms with E-state index in [1.807, 2.05) is 38.1 Å². The Kier molecular flexibility index (Phi) is 9.37. The molecule has 0 saturated heterocycles. The lowest BCUT2D eigenvalue weighted by Crippen LogP contribution is -2.53. The summed E-state index contributed by atoms with van der Waals surface area (Å²) in [6, 6.07) is 13.8. The first-order chi connectivity index (χ1) is 17.1. The van der Waals surface area contributed by atoms with Gasteiger partial charge >= 0.3 is 0 Å². The number of sulfonamides is 1. The minimum absolute atomic E-state index is 0.114. The van der Waals surface area contributed by atoms with Crippen molar-refractivity contribution in [2.24, 2.45) is 0 Å². The van der Waals surface area contributed by atoms with Gasteiger partial charge in [-0.3, -0.25) is 13.9 Å². The van der Waals surface area contributed by atoms with E-state index < -0.39 is 28.5 Å². The number of nitrogens with zero attached hydrogens (tertiary/aromatic N) is 2. The molecule has 2 amide bonds. The SMILES string of the molecule is CC[C@H](C(=O)NC1CCCC1)N(Cc1cccc(C)c1)C(=O)CN(c1ccccc1OC)S(C)(=O)=O. The zero-order valence-electron chi connectivity index (χ0n) is 21.6. The van der Waals surface area contributed by atoms with Crippen molar-refractivity contribution in [1.29, 1.82) is 0 Å². The molecule has 36 heavy (non-hydrogen) atoms. The number of aryl methyl sites for hydroxylation is 1. The number of hydrogen-bond acceptors (Lipinski definition) is 5. The minimum atomic E-state index is -3.82. The van der Waals surface area contributed by atoms with Crippen LogP contribution in [-0.4, -0.2) is 57.1 Å². The first kappa shape index (κ1) is 27.5. The zero-order chi connectivity index (χ0) is 26.3. The third-order valence-corrected chi connectivity index (χ3v) is 7.68. The second-order valence-electron chi connectivity index (χ2n) is 9.37. The summed E-state index contributed by atoms with van der Waals surface area (Å²) in [5.74, 6) is -0.318. The molecule has 1 aliphatic rings. The molecule has 0 aliphatic heterocycles. The van der Waals surface area contributed by atoms with E-state index in [2.05, 4.69) is 5.32 Å². The number of benzene rings is 2. The second kappa shape index (κ2) is 12.3. The molecule has 2 aromatic rings. The van der Waals surface area contributed by atoms with Crippen LogP contribution in [0.15, 0.2) is 48.5 Å². The summed E-state index contributed by atoms with van der Waals surface area (Å²) in [5, 5.41) is 3.11. The number of nitrogens with one attached hydrogen (secondary N) is 1. The van der Waals surface area contributed by atoms with Crippen molar-refractivity contribution in [3.8, 4) is 5.75 Å². The quantitative estimate of drug-likeness (QED) is 0.493. The molecule has 1 atom stereocenters. The van der Waals surface area contributed by atoms with Crippen molar-refractivity contribution < 1.29 is 22.7 Å². The van der Waals surface area contributed by atoms with Gasteiger partial charge < -0.3 is 15.0 Å². The first-order valence-electron chi connectivity index (χ1n) is 12.4. The average molecular weight is 516 g/mol. The number of amides is 2. The van der Waals surface area contributed by atoms with Crippen LogP contribution >= 0.6 is 0 Å². The van der Waals surface area contributed by atoms with Crippen LogP contribution in [-0.2, 0) is 26.2 Å². The molecule has 196 valence electrons. The van der Waals surface area contributed by atoms with E-state index in [9.17, 15) is 18.0 Å². The van der Waals surface area contributed by atoms with Crippen LogP contribution in [0.2, 0.25) is 0 Å². The highest BCUT2D eigenvalue weighted by Crippen LogP contribution is 2.30. The van der Waals surface area contributed by atoms with Gasteiger partial charge in [-0.15, -0.1) is 0 Å². The monoisotopic (exact) mass is 515 g/mol. The summed E-state index contributed by atoms with van der Waals surface area (Å²) in [5.41, 5.74) is 2.18. The largest absolute Gasteiger partial charge is 0.495 e. The standard InChI is InChI=1S/C27H37N3O5S/c1-5-23(27(32)28-22-13-6-7-14-22)29(18-21-12-10-11-20(2)17-21)26(31)19-30(36(4,33)34)24-15-8-9-16-25(24)35-3/h8-12,15-17,22-23H,5-7,13-14,18-19H2,1-4H3,(H,28,32)/t23-/m1/s1. The number of carbonyl (C=O) groups is 2. The fourth-order valence-corrected chi connectivity index (χ4v) is 5.58. The first-order valence-corrected chi connectivity index (χ1v) is 14.2. The van der Waals surface area contributed by atoms with Crippen LogP contribution in [0.1, 0.15) is 50.2 Å². The maximum atomic E-state index is 13.8. The fraction of sp³-hybridized carbons (Fsp3) is 0.481. The Morgan fingerprint density at radius 2 is 1.81 bits per heavy atom. The normalized spacial score (nSPS) is 14.8. The average Bonchev–Trinajstić information content (AvgIpc) is 3.34. The highest BCUT2D eigenvalue weighted by Gasteiger charge is 2.33. The van der Waals surface area contributed by atoms with Gasteiger partial charge in [0.05, 0.1) is 19.1 Å². The summed E-state index contributed by atoms with van der Waals surface area (Å²) in [4.78, 5) is 28.6. The smallest absolute Gasteiger partial charge is 0.244 e. The molecule has 3 rings (SSSR count). The van der Waals surface area contributed by atoms with E-state index in [-0.39, 0.29) is 24.2 Å². The minimum Gasteiger partial charge on any atom is -0.495 e. The number of carbonyl (C=O) groups excluding carboxylic acids is 2. The number of ether oxygens (including phenoxy) is 1. The molecule has 1 fully saturated rings. The molecule has 0 heterocycles. The van der Waals surface area contributed by atoms with Gasteiger partial charge in [-0.1, -0.05) is 61.7 Å². The van der Waals surface area contributed by atoms with Gasteiger partial charge in [0.2, 0.25) is 21.8 Å². The lowest BCUT2D eigenvalue weighted by Gasteiger charge is -2.33. The molecule has 1 saturated carbocycles. The van der Waals surface area contributed by atoms with Crippen molar-refractivity contribution >= 4 is 27.5 Å². The Bertz CT molecular complexity index is 1160. The molecule has 1 N–H and O–H groups in total. The number of hydrogen-bond donors (Lipinski definition) is 1. The number of rotatable bonds is 11. The summed E-state index contributed by atoms with van der Waals surface area (Å²) >= 11 is 0. The Balaban J connectivity index is 1.95. The van der Waals surface area contributed by atoms with Crippen molar-refractivity contribution in [3.05, 3.63) is 59.7 Å². The van der Waals surface area contributed by atoms with Crippen LogP contribution in [0, 0.1) is 6.92 Å². The Morgan fingerprint density at radius 1 is 1.11 bits per heavy atom. The lowest BCUT2D eigenvalue weighted by atomic mass is 10.1. The third-order valence-electron chi connectivity index (χ3n) is 6.56. The summed E-state index contributed by atoms with van der Waals surface area (Å²) < 4.78 is 32.0. The van der Waals surface area contributed by atoms with E-state index in [1.54, 1.807) is 24.3 Å². The molecule has 2 aromatic carbocycles. The second-order valence-corrected chi connectivity index (χ2v) is 11.3. The lowest BCUT2D eigenvalue weighted by molar-refractivity contribution is -0.140. The van der Waals surface area contributed by atoms with Gasteiger partial charge in [0.15, 0.2) is 0 Å². The molecule has 0 spiro atoms. The summed E-state index contributed by atoms with van der Waals surface area (Å²) in [6.07, 6.45) is 5.49. The van der Waals surface area contributed by atoms with Crippen molar-refractivity contribution in [2.75, 3.05) is 24.2 Å². The zero-order valence-corrected chi connectivity index (χ0v) is 22.4. The van der Waals surface area contributed by atoms with E-state index in [0.29, 0.717) is 12.2 Å². The van der Waals surface area contributed by atoms with Crippen LogP contribution in [0.3, 0.4) is 0 Å². The van der Waals surface area contributed by atoms with Gasteiger partial charge in [-0.25, -0.2) is 8.42 Å². The summed E-state index contributed by atoms with van der Waals surface area (Å²) in [7, 11) is -2.37. The molecule has 0 aromatic heterocycles. The fourth-order valence-electron chi connectivity index (χ4n) is 4.72. The number of para-hydroxylation sites is 2. The summed E-state index contributed by atoms with van der Waals surface area (Å²) in [6.45, 7) is 3.58. The van der Waals surface area contributed by atoms with Crippen LogP contribution in [0.25, 0.3) is 0 Å². The van der Waals surface area contributed by atoms with Gasteiger partial charge in [0.1, 0.15) is 18.3 Å². The van der Waals surface area contributed by atoms with Crippen molar-refractivity contribution in [2.45, 2.75) is 64.6 Å². The topological polar surface area (TPSA) is 96.0 Å². The Hall–Kier alpha value is -3.07. The van der Waals surface area contributed by atoms with Gasteiger partial charge in [-0.2, -0.15) is 0 Å². The van der Waals surface area contributed by atoms with E-state index in [1.165, 1.54) is 12.0 Å². The van der Waals surface area contributed by atoms with E-state index in [0.717, 1.165) is 47.4 Å². The molecule has 0 bridgehead atoms. The van der Waals surface area contributed by atoms with Crippen LogP contribution in [0.5, 0.6) is 5.75 Å². The van der Waals surface area contributed by atoms with Gasteiger partial charge in [0.25, 0.3) is 0 Å². The maximum absolute atomic E-state index is 13.8. The Morgan fingerprint density at radius 3 is 2.42 bits per heavy atom. The molecular weight excluding hydrogens is 478 g/mol. The van der Waals surface area contributed by atoms with Crippen LogP contribution in [0.4, 0.5) is 5.69 Å². The van der Waals surface area contributed by atoms with Crippen LogP contribution < -0.4 is 14.4 Å². The maximum Gasteiger partial charge on any atom is 0.244 e. The van der Waals surface area contributed by atoms with E-state index >= 15 is 0 Å². The molecule has 0 unspecified atom stereocenters. The molecule has 9 heteroatoms. The van der Waals surface area contributed by atoms with Gasteiger partial charge in [-0.05, 0) is 43.9 Å². The highest BCUT2D eigenvalue weighted by molar-refractivity contribution is 7.92. The predicted octanol–water partition coefficient (Wildman–Crippen LogP) is 3.64. The molecular formula is C27H37N3O5S. The molecule has 0 radical (unpaired) electrons. The van der Waals surface area contributed by atoms with Crippen molar-refractivity contribution in [3.63, 3.8) is 0 Å². The Labute approximate surface area is 214 Å². The van der Waals surface area contributed by atoms with E-state index in [4.69, 9.17) is 4.74 Å². The third kappa shape index (κ3) is 7.00. The number of anilines is 1. The van der Waals surface area contributed by atoms with Gasteiger partial charge in [0, 0.05) is 12.6 Å². The molecule has 1 aliphatic carbocycles. The number of methoxy groups -OCH3 is 1.